The van der Waals surface area contributed by atoms with E-state index in [1.807, 2.05) is 60.7 Å². The molecule has 126 valence electrons. The van der Waals surface area contributed by atoms with Gasteiger partial charge in [-0.25, -0.2) is 0 Å². The fourth-order valence-electron chi connectivity index (χ4n) is 2.65. The average Bonchev–Trinajstić information content (AvgIpc) is 2.64. The lowest BCUT2D eigenvalue weighted by molar-refractivity contribution is -0.114. The molecule has 0 aliphatic heterocycles. The minimum Gasteiger partial charge on any atom is -0.497 e. The summed E-state index contributed by atoms with van der Waals surface area (Å²) in [7, 11) is 1.65. The van der Waals surface area contributed by atoms with E-state index in [0.29, 0.717) is 12.3 Å². The monoisotopic (exact) mass is 342 g/mol. The zero-order valence-corrected chi connectivity index (χ0v) is 14.7. The summed E-state index contributed by atoms with van der Waals surface area (Å²) in [6.07, 6.45) is 5.84. The Morgan fingerprint density at radius 1 is 1.12 bits per heavy atom. The van der Waals surface area contributed by atoms with Gasteiger partial charge in [-0.1, -0.05) is 48.5 Å². The molecule has 2 aromatic rings. The lowest BCUT2D eigenvalue weighted by atomic mass is 9.89. The van der Waals surface area contributed by atoms with Gasteiger partial charge in [0.1, 0.15) is 5.75 Å². The number of halogens is 1. The summed E-state index contributed by atoms with van der Waals surface area (Å²) in [6, 6.07) is 17.8. The predicted molar refractivity (Wildman–Crippen MR) is 101 cm³/mol. The Morgan fingerprint density at radius 3 is 2.46 bits per heavy atom. The highest BCUT2D eigenvalue weighted by molar-refractivity contribution is 6.17. The summed E-state index contributed by atoms with van der Waals surface area (Å²) in [5.74, 6) is 1.75. The Kier molecular flexibility index (Phi) is 7.57. The zero-order chi connectivity index (χ0) is 17.2. The van der Waals surface area contributed by atoms with Gasteiger partial charge in [-0.15, -0.1) is 11.6 Å². The van der Waals surface area contributed by atoms with Crippen LogP contribution in [0.25, 0.3) is 6.08 Å². The maximum absolute atomic E-state index is 12.3. The summed E-state index contributed by atoms with van der Waals surface area (Å²) < 4.78 is 5.20. The Hall–Kier alpha value is -2.06. The molecule has 0 amide bonds. The van der Waals surface area contributed by atoms with Crippen LogP contribution >= 0.6 is 11.6 Å². The highest BCUT2D eigenvalue weighted by Gasteiger charge is 2.14. The van der Waals surface area contributed by atoms with Crippen LogP contribution in [-0.4, -0.2) is 18.8 Å². The van der Waals surface area contributed by atoms with Crippen LogP contribution < -0.4 is 4.74 Å². The number of alkyl halides is 1. The van der Waals surface area contributed by atoms with Crippen molar-refractivity contribution in [3.63, 3.8) is 0 Å². The van der Waals surface area contributed by atoms with Crippen molar-refractivity contribution in [3.05, 3.63) is 71.8 Å². The lowest BCUT2D eigenvalue weighted by Gasteiger charge is -2.16. The van der Waals surface area contributed by atoms with Crippen molar-refractivity contribution in [2.45, 2.75) is 25.2 Å². The molecule has 2 nitrogen and oxygen atoms in total. The largest absolute Gasteiger partial charge is 0.497 e. The van der Waals surface area contributed by atoms with E-state index in [-0.39, 0.29) is 11.7 Å². The Morgan fingerprint density at radius 2 is 1.83 bits per heavy atom. The molecule has 0 N–H and O–H groups in total. The molecule has 0 radical (unpaired) electrons. The number of methoxy groups -OCH3 is 1. The van der Waals surface area contributed by atoms with Gasteiger partial charge in [-0.05, 0) is 48.1 Å². The van der Waals surface area contributed by atoms with Crippen LogP contribution in [0.1, 0.15) is 36.3 Å². The number of ether oxygens (including phenoxy) is 1. The van der Waals surface area contributed by atoms with Crippen molar-refractivity contribution in [1.82, 2.24) is 0 Å². The van der Waals surface area contributed by atoms with E-state index < -0.39 is 0 Å². The first-order chi connectivity index (χ1) is 11.7. The third-order valence-electron chi connectivity index (χ3n) is 3.98. The normalized spacial score (nSPS) is 12.2. The molecule has 3 heteroatoms. The van der Waals surface area contributed by atoms with E-state index in [1.54, 1.807) is 13.2 Å². The van der Waals surface area contributed by atoms with E-state index in [2.05, 4.69) is 0 Å². The van der Waals surface area contributed by atoms with Crippen LogP contribution in [0.4, 0.5) is 0 Å². The second-order valence-electron chi connectivity index (χ2n) is 5.72. The van der Waals surface area contributed by atoms with Gasteiger partial charge < -0.3 is 4.74 Å². The highest BCUT2D eigenvalue weighted by atomic mass is 35.5. The van der Waals surface area contributed by atoms with Crippen molar-refractivity contribution in [2.24, 2.45) is 0 Å². The quantitative estimate of drug-likeness (QED) is 0.446. The average molecular weight is 343 g/mol. The first-order valence-corrected chi connectivity index (χ1v) is 8.72. The summed E-state index contributed by atoms with van der Waals surface area (Å²) in [5, 5.41) is 0. The Balaban J connectivity index is 2.04. The summed E-state index contributed by atoms with van der Waals surface area (Å²) in [6.45, 7) is 0. The SMILES string of the molecule is COc1ccc([C@@H](CCCCl)CC(=O)/C=C/c2ccccc2)cc1. The highest BCUT2D eigenvalue weighted by Crippen LogP contribution is 2.27. The van der Waals surface area contributed by atoms with Crippen LogP contribution in [0, 0.1) is 0 Å². The molecule has 0 bridgehead atoms. The number of allylic oxidation sites excluding steroid dienone is 1. The molecular formula is C21H23ClO2. The van der Waals surface area contributed by atoms with E-state index >= 15 is 0 Å². The van der Waals surface area contributed by atoms with E-state index in [4.69, 9.17) is 16.3 Å². The molecule has 24 heavy (non-hydrogen) atoms. The van der Waals surface area contributed by atoms with Crippen molar-refractivity contribution in [2.75, 3.05) is 13.0 Å². The fourth-order valence-corrected chi connectivity index (χ4v) is 2.80. The standard InChI is InChI=1S/C21H23ClO2/c1-24-21-13-10-18(11-14-21)19(8-5-15-22)16-20(23)12-9-17-6-3-2-4-7-17/h2-4,6-7,9-14,19H,5,8,15-16H2,1H3/b12-9+/t19-/m0/s1. The van der Waals surface area contributed by atoms with Crippen molar-refractivity contribution in [1.29, 1.82) is 0 Å². The van der Waals surface area contributed by atoms with Gasteiger partial charge in [-0.3, -0.25) is 4.79 Å². The molecular weight excluding hydrogens is 320 g/mol. The molecule has 0 fully saturated rings. The number of hydrogen-bond acceptors (Lipinski definition) is 2. The van der Waals surface area contributed by atoms with Gasteiger partial charge in [0.15, 0.2) is 5.78 Å². The molecule has 0 saturated carbocycles. The maximum atomic E-state index is 12.3. The topological polar surface area (TPSA) is 26.3 Å². The van der Waals surface area contributed by atoms with E-state index in [1.165, 1.54) is 0 Å². The molecule has 0 aliphatic rings. The first-order valence-electron chi connectivity index (χ1n) is 8.19. The summed E-state index contributed by atoms with van der Waals surface area (Å²) in [4.78, 5) is 12.3. The van der Waals surface area contributed by atoms with Crippen molar-refractivity contribution in [3.8, 4) is 5.75 Å². The van der Waals surface area contributed by atoms with Gasteiger partial charge in [0.2, 0.25) is 0 Å². The van der Waals surface area contributed by atoms with Gasteiger partial charge in [0.25, 0.3) is 0 Å². The molecule has 0 heterocycles. The minimum atomic E-state index is 0.134. The van der Waals surface area contributed by atoms with Crippen LogP contribution in [0.15, 0.2) is 60.7 Å². The van der Waals surface area contributed by atoms with Crippen LogP contribution in [0.5, 0.6) is 5.75 Å². The molecule has 0 saturated heterocycles. The number of carbonyl (C=O) groups excluding carboxylic acids is 1. The van der Waals surface area contributed by atoms with Crippen molar-refractivity contribution < 1.29 is 9.53 Å². The maximum Gasteiger partial charge on any atom is 0.156 e. The van der Waals surface area contributed by atoms with E-state index in [9.17, 15) is 4.79 Å². The van der Waals surface area contributed by atoms with Gasteiger partial charge >= 0.3 is 0 Å². The molecule has 1 atom stereocenters. The minimum absolute atomic E-state index is 0.134. The van der Waals surface area contributed by atoms with E-state index in [0.717, 1.165) is 29.7 Å². The zero-order valence-electron chi connectivity index (χ0n) is 14.0. The lowest BCUT2D eigenvalue weighted by Crippen LogP contribution is -2.06. The molecule has 2 rings (SSSR count). The number of ketones is 1. The summed E-state index contributed by atoms with van der Waals surface area (Å²) >= 11 is 5.84. The number of rotatable bonds is 9. The Bertz CT molecular complexity index is 647. The molecule has 0 aromatic heterocycles. The summed E-state index contributed by atoms with van der Waals surface area (Å²) in [5.41, 5.74) is 2.19. The second kappa shape index (κ2) is 9.94. The smallest absolute Gasteiger partial charge is 0.156 e. The van der Waals surface area contributed by atoms with Crippen LogP contribution in [-0.2, 0) is 4.79 Å². The van der Waals surface area contributed by atoms with Crippen molar-refractivity contribution >= 4 is 23.5 Å². The number of benzene rings is 2. The third-order valence-corrected chi connectivity index (χ3v) is 4.25. The molecule has 0 aliphatic carbocycles. The van der Waals surface area contributed by atoms with Gasteiger partial charge in [-0.2, -0.15) is 0 Å². The fraction of sp³-hybridized carbons (Fsp3) is 0.286. The number of hydrogen-bond donors (Lipinski definition) is 0. The molecule has 0 unspecified atom stereocenters. The Labute approximate surface area is 149 Å². The van der Waals surface area contributed by atoms with Crippen LogP contribution in [0.2, 0.25) is 0 Å². The molecule has 2 aromatic carbocycles. The van der Waals surface area contributed by atoms with Gasteiger partial charge in [0.05, 0.1) is 7.11 Å². The van der Waals surface area contributed by atoms with Crippen LogP contribution in [0.3, 0.4) is 0 Å². The molecule has 0 spiro atoms. The predicted octanol–water partition coefficient (Wildman–Crippen LogP) is 5.47. The third kappa shape index (κ3) is 5.86. The number of carbonyl (C=O) groups is 1. The van der Waals surface area contributed by atoms with Gasteiger partial charge in [0, 0.05) is 12.3 Å². The first kappa shape index (κ1) is 18.3. The second-order valence-corrected chi connectivity index (χ2v) is 6.09.